The van der Waals surface area contributed by atoms with Crippen LogP contribution in [0.15, 0.2) is 12.1 Å². The van der Waals surface area contributed by atoms with Crippen molar-refractivity contribution in [1.29, 1.82) is 0 Å². The Labute approximate surface area is 99.8 Å². The second-order valence-corrected chi connectivity index (χ2v) is 5.74. The summed E-state index contributed by atoms with van der Waals surface area (Å²) in [4.78, 5) is 0. The van der Waals surface area contributed by atoms with Crippen LogP contribution in [0, 0.1) is 13.8 Å². The fraction of sp³-hybridized carbons (Fsp3) is 0.500. The third-order valence-electron chi connectivity index (χ3n) is 2.97. The largest absolute Gasteiger partial charge is 0.384 e. The van der Waals surface area contributed by atoms with E-state index in [1.165, 1.54) is 0 Å². The molecule has 82 valence electrons. The number of aryl methyl sites for hydroxylation is 2. The van der Waals surface area contributed by atoms with Gasteiger partial charge in [-0.25, -0.2) is 0 Å². The predicted molar refractivity (Wildman–Crippen MR) is 66.8 cm³/mol. The Kier molecular flexibility index (Phi) is 3.02. The van der Waals surface area contributed by atoms with Gasteiger partial charge in [0.15, 0.2) is 0 Å². The maximum atomic E-state index is 10.4. The molecule has 1 atom stereocenters. The monoisotopic (exact) mass is 242 g/mol. The van der Waals surface area contributed by atoms with Crippen molar-refractivity contribution < 1.29 is 5.11 Å². The minimum absolute atomic E-state index is 0.634. The molecular formula is C12H15ClOS. The van der Waals surface area contributed by atoms with E-state index in [9.17, 15) is 5.11 Å². The number of benzene rings is 1. The molecule has 1 saturated heterocycles. The summed E-state index contributed by atoms with van der Waals surface area (Å²) in [6.07, 6.45) is 0.845. The van der Waals surface area contributed by atoms with E-state index in [-0.39, 0.29) is 0 Å². The zero-order valence-corrected chi connectivity index (χ0v) is 10.6. The van der Waals surface area contributed by atoms with Crippen molar-refractivity contribution in [2.45, 2.75) is 25.9 Å². The highest BCUT2D eigenvalue weighted by Crippen LogP contribution is 2.38. The molecule has 0 aliphatic carbocycles. The summed E-state index contributed by atoms with van der Waals surface area (Å²) in [6.45, 7) is 3.98. The molecule has 1 fully saturated rings. The molecule has 3 heteroatoms. The zero-order valence-electron chi connectivity index (χ0n) is 9.01. The molecule has 1 heterocycles. The lowest BCUT2D eigenvalue weighted by Crippen LogP contribution is -2.25. The number of thioether (sulfide) groups is 1. The van der Waals surface area contributed by atoms with Crippen molar-refractivity contribution >= 4 is 23.4 Å². The summed E-state index contributed by atoms with van der Waals surface area (Å²) < 4.78 is 0. The van der Waals surface area contributed by atoms with E-state index in [1.54, 1.807) is 0 Å². The van der Waals surface area contributed by atoms with E-state index < -0.39 is 5.60 Å². The first kappa shape index (κ1) is 11.3. The molecule has 1 aromatic rings. The number of hydrogen-bond acceptors (Lipinski definition) is 2. The van der Waals surface area contributed by atoms with Crippen LogP contribution in [0.5, 0.6) is 0 Å². The van der Waals surface area contributed by atoms with Gasteiger partial charge in [0.1, 0.15) is 0 Å². The number of aliphatic hydroxyl groups is 1. The maximum Gasteiger partial charge on any atom is 0.0994 e. The number of rotatable bonds is 1. The van der Waals surface area contributed by atoms with Crippen LogP contribution in [0.2, 0.25) is 5.02 Å². The molecule has 15 heavy (non-hydrogen) atoms. The minimum atomic E-state index is -0.634. The molecule has 0 bridgehead atoms. The second kappa shape index (κ2) is 4.00. The maximum absolute atomic E-state index is 10.4. The minimum Gasteiger partial charge on any atom is -0.384 e. The smallest absolute Gasteiger partial charge is 0.0994 e. The Morgan fingerprint density at radius 3 is 2.40 bits per heavy atom. The third-order valence-corrected chi connectivity index (χ3v) is 4.75. The average molecular weight is 243 g/mol. The molecule has 1 aliphatic heterocycles. The van der Waals surface area contributed by atoms with Crippen molar-refractivity contribution in [2.75, 3.05) is 11.5 Å². The summed E-state index contributed by atoms with van der Waals surface area (Å²) in [5.74, 6) is 1.84. The van der Waals surface area contributed by atoms with Gasteiger partial charge in [0, 0.05) is 10.8 Å². The van der Waals surface area contributed by atoms with Gasteiger partial charge in [-0.2, -0.15) is 11.8 Å². The van der Waals surface area contributed by atoms with Crippen LogP contribution in [-0.2, 0) is 5.60 Å². The predicted octanol–water partition coefficient (Wildman–Crippen LogP) is 3.28. The van der Waals surface area contributed by atoms with E-state index >= 15 is 0 Å². The molecule has 1 aromatic carbocycles. The highest BCUT2D eigenvalue weighted by Gasteiger charge is 2.34. The first-order valence-corrected chi connectivity index (χ1v) is 6.63. The summed E-state index contributed by atoms with van der Waals surface area (Å²) >= 11 is 7.92. The molecule has 1 nitrogen and oxygen atoms in total. The second-order valence-electron chi connectivity index (χ2n) is 4.26. The van der Waals surface area contributed by atoms with Crippen LogP contribution in [0.25, 0.3) is 0 Å². The first-order chi connectivity index (χ1) is 7.03. The Balaban J connectivity index is 2.45. The fourth-order valence-electron chi connectivity index (χ4n) is 2.00. The Morgan fingerprint density at radius 2 is 1.93 bits per heavy atom. The molecule has 0 radical (unpaired) electrons. The van der Waals surface area contributed by atoms with Gasteiger partial charge in [-0.3, -0.25) is 0 Å². The Bertz CT molecular complexity index is 360. The van der Waals surface area contributed by atoms with Crippen molar-refractivity contribution in [2.24, 2.45) is 0 Å². The summed E-state index contributed by atoms with van der Waals surface area (Å²) in [5, 5.41) is 11.3. The van der Waals surface area contributed by atoms with Crippen LogP contribution in [0.1, 0.15) is 23.1 Å². The van der Waals surface area contributed by atoms with Gasteiger partial charge in [-0.05, 0) is 42.7 Å². The van der Waals surface area contributed by atoms with Crippen molar-refractivity contribution in [3.8, 4) is 0 Å². The van der Waals surface area contributed by atoms with Crippen LogP contribution < -0.4 is 0 Å². The third kappa shape index (κ3) is 2.03. The topological polar surface area (TPSA) is 20.2 Å². The van der Waals surface area contributed by atoms with Crippen LogP contribution in [-0.4, -0.2) is 16.6 Å². The molecule has 0 aromatic heterocycles. The zero-order chi connectivity index (χ0) is 11.1. The standard InChI is InChI=1S/C12H15ClOS/c1-8-5-10(6-9(2)11(8)13)12(14)3-4-15-7-12/h5-6,14H,3-4,7H2,1-2H3. The van der Waals surface area contributed by atoms with Gasteiger partial charge < -0.3 is 5.11 Å². The van der Waals surface area contributed by atoms with Gasteiger partial charge in [-0.15, -0.1) is 0 Å². The molecule has 0 amide bonds. The van der Waals surface area contributed by atoms with Gasteiger partial charge in [-0.1, -0.05) is 23.7 Å². The highest BCUT2D eigenvalue weighted by molar-refractivity contribution is 7.99. The first-order valence-electron chi connectivity index (χ1n) is 5.10. The quantitative estimate of drug-likeness (QED) is 0.816. The van der Waals surface area contributed by atoms with Crippen molar-refractivity contribution in [1.82, 2.24) is 0 Å². The van der Waals surface area contributed by atoms with Gasteiger partial charge in [0.05, 0.1) is 5.60 Å². The average Bonchev–Trinajstić information content (AvgIpc) is 2.62. The number of hydrogen-bond donors (Lipinski definition) is 1. The summed E-state index contributed by atoms with van der Waals surface area (Å²) in [7, 11) is 0. The lowest BCUT2D eigenvalue weighted by Gasteiger charge is -2.23. The Hall–Kier alpha value is -0.180. The fourth-order valence-corrected chi connectivity index (χ4v) is 3.38. The normalized spacial score (nSPS) is 25.9. The van der Waals surface area contributed by atoms with Crippen LogP contribution in [0.3, 0.4) is 0 Å². The molecule has 1 aliphatic rings. The lowest BCUT2D eigenvalue weighted by molar-refractivity contribution is 0.0656. The van der Waals surface area contributed by atoms with Gasteiger partial charge >= 0.3 is 0 Å². The SMILES string of the molecule is Cc1cc(C2(O)CCSC2)cc(C)c1Cl. The molecule has 1 unspecified atom stereocenters. The Morgan fingerprint density at radius 1 is 1.33 bits per heavy atom. The molecule has 0 saturated carbocycles. The molecular weight excluding hydrogens is 228 g/mol. The van der Waals surface area contributed by atoms with Crippen molar-refractivity contribution in [3.05, 3.63) is 33.8 Å². The van der Waals surface area contributed by atoms with E-state index in [1.807, 2.05) is 37.7 Å². The highest BCUT2D eigenvalue weighted by atomic mass is 35.5. The van der Waals surface area contributed by atoms with E-state index in [0.717, 1.165) is 39.6 Å². The summed E-state index contributed by atoms with van der Waals surface area (Å²) in [6, 6.07) is 4.03. The van der Waals surface area contributed by atoms with Crippen LogP contribution in [0.4, 0.5) is 0 Å². The van der Waals surface area contributed by atoms with Crippen molar-refractivity contribution in [3.63, 3.8) is 0 Å². The molecule has 0 spiro atoms. The molecule has 2 rings (SSSR count). The van der Waals surface area contributed by atoms with Gasteiger partial charge in [0.25, 0.3) is 0 Å². The van der Waals surface area contributed by atoms with Crippen LogP contribution >= 0.6 is 23.4 Å². The molecule has 1 N–H and O–H groups in total. The van der Waals surface area contributed by atoms with Gasteiger partial charge in [0.2, 0.25) is 0 Å². The van der Waals surface area contributed by atoms with E-state index in [2.05, 4.69) is 0 Å². The van der Waals surface area contributed by atoms with E-state index in [4.69, 9.17) is 11.6 Å². The van der Waals surface area contributed by atoms with E-state index in [0.29, 0.717) is 0 Å². The lowest BCUT2D eigenvalue weighted by atomic mass is 9.91. The summed E-state index contributed by atoms with van der Waals surface area (Å²) in [5.41, 5.74) is 2.49. The number of halogens is 1.